The van der Waals surface area contributed by atoms with Gasteiger partial charge >= 0.3 is 0 Å². The molecule has 0 aromatic rings. The Labute approximate surface area is 98.4 Å². The zero-order valence-corrected chi connectivity index (χ0v) is 10.7. The highest BCUT2D eigenvalue weighted by molar-refractivity contribution is 5.82. The van der Waals surface area contributed by atoms with E-state index in [4.69, 9.17) is 5.73 Å². The fraction of sp³-hybridized carbons (Fsp3) is 0.923. The predicted octanol–water partition coefficient (Wildman–Crippen LogP) is 1.62. The highest BCUT2D eigenvalue weighted by Crippen LogP contribution is 2.38. The van der Waals surface area contributed by atoms with Crippen LogP contribution >= 0.6 is 0 Å². The lowest BCUT2D eigenvalue weighted by atomic mass is 9.86. The Morgan fingerprint density at radius 1 is 1.25 bits per heavy atom. The van der Waals surface area contributed by atoms with E-state index in [-0.39, 0.29) is 17.4 Å². The van der Waals surface area contributed by atoms with Crippen molar-refractivity contribution < 1.29 is 4.79 Å². The van der Waals surface area contributed by atoms with Crippen molar-refractivity contribution in [3.05, 3.63) is 0 Å². The second-order valence-electron chi connectivity index (χ2n) is 6.54. The normalized spacial score (nSPS) is 31.6. The van der Waals surface area contributed by atoms with E-state index < -0.39 is 0 Å². The third kappa shape index (κ3) is 2.10. The molecule has 2 N–H and O–H groups in total. The summed E-state index contributed by atoms with van der Waals surface area (Å²) in [5.74, 6) is 1.68. The summed E-state index contributed by atoms with van der Waals surface area (Å²) in [5, 5.41) is 0. The van der Waals surface area contributed by atoms with Gasteiger partial charge in [-0.3, -0.25) is 4.79 Å². The van der Waals surface area contributed by atoms with Crippen LogP contribution in [0.4, 0.5) is 0 Å². The lowest BCUT2D eigenvalue weighted by Crippen LogP contribution is -2.49. The lowest BCUT2D eigenvalue weighted by molar-refractivity contribution is -0.134. The number of carbonyl (C=O) groups is 1. The number of fused-ring (bicyclic) bond motifs is 1. The van der Waals surface area contributed by atoms with Crippen molar-refractivity contribution in [2.24, 2.45) is 23.0 Å². The van der Waals surface area contributed by atoms with Crippen LogP contribution in [0.25, 0.3) is 0 Å². The molecule has 1 amide bonds. The second-order valence-corrected chi connectivity index (χ2v) is 6.54. The maximum absolute atomic E-state index is 12.2. The number of carbonyl (C=O) groups excluding carboxylic acids is 1. The molecule has 0 radical (unpaired) electrons. The number of hydrogen-bond donors (Lipinski definition) is 1. The van der Waals surface area contributed by atoms with Crippen LogP contribution in [-0.4, -0.2) is 29.9 Å². The Morgan fingerprint density at radius 2 is 1.75 bits per heavy atom. The predicted molar refractivity (Wildman–Crippen MR) is 64.8 cm³/mol. The Morgan fingerprint density at radius 3 is 2.19 bits per heavy atom. The lowest BCUT2D eigenvalue weighted by Gasteiger charge is -2.30. The molecule has 3 atom stereocenters. The molecule has 1 aliphatic carbocycles. The molecule has 1 saturated carbocycles. The van der Waals surface area contributed by atoms with Gasteiger partial charge in [-0.1, -0.05) is 27.2 Å². The molecule has 3 heteroatoms. The largest absolute Gasteiger partial charge is 0.341 e. The molecule has 0 aromatic heterocycles. The summed E-state index contributed by atoms with van der Waals surface area (Å²) in [6, 6.07) is -0.355. The Balaban J connectivity index is 1.97. The van der Waals surface area contributed by atoms with Gasteiger partial charge in [-0.05, 0) is 30.1 Å². The van der Waals surface area contributed by atoms with E-state index in [9.17, 15) is 4.79 Å². The van der Waals surface area contributed by atoms with E-state index in [2.05, 4.69) is 0 Å². The molecule has 16 heavy (non-hydrogen) atoms. The van der Waals surface area contributed by atoms with Crippen molar-refractivity contribution in [2.45, 2.75) is 46.1 Å². The van der Waals surface area contributed by atoms with Crippen LogP contribution in [0.2, 0.25) is 0 Å². The van der Waals surface area contributed by atoms with E-state index in [0.717, 1.165) is 24.9 Å². The first kappa shape index (κ1) is 11.9. The van der Waals surface area contributed by atoms with Crippen molar-refractivity contribution >= 4 is 5.91 Å². The van der Waals surface area contributed by atoms with Gasteiger partial charge in [0.15, 0.2) is 0 Å². The molecular formula is C13H24N2O. The van der Waals surface area contributed by atoms with Gasteiger partial charge in [0.1, 0.15) is 0 Å². The van der Waals surface area contributed by atoms with E-state index in [0.29, 0.717) is 0 Å². The van der Waals surface area contributed by atoms with Crippen molar-refractivity contribution in [1.82, 2.24) is 4.90 Å². The summed E-state index contributed by atoms with van der Waals surface area (Å²) in [6.07, 6.45) is 3.96. The Bertz CT molecular complexity index is 270. The van der Waals surface area contributed by atoms with Gasteiger partial charge in [-0.2, -0.15) is 0 Å². The SMILES string of the molecule is CC(C)(C)[C@@H](N)C(=O)N1CC2CCCC2C1. The van der Waals surface area contributed by atoms with Crippen molar-refractivity contribution in [2.75, 3.05) is 13.1 Å². The average molecular weight is 224 g/mol. The van der Waals surface area contributed by atoms with Crippen molar-refractivity contribution in [1.29, 1.82) is 0 Å². The molecule has 1 saturated heterocycles. The van der Waals surface area contributed by atoms with E-state index in [1.807, 2.05) is 25.7 Å². The zero-order valence-electron chi connectivity index (χ0n) is 10.7. The molecule has 1 aliphatic heterocycles. The molecule has 3 nitrogen and oxygen atoms in total. The van der Waals surface area contributed by atoms with Crippen LogP contribution in [0.1, 0.15) is 40.0 Å². The van der Waals surface area contributed by atoms with Crippen LogP contribution < -0.4 is 5.73 Å². The van der Waals surface area contributed by atoms with E-state index in [1.54, 1.807) is 0 Å². The van der Waals surface area contributed by atoms with Gasteiger partial charge in [-0.25, -0.2) is 0 Å². The van der Waals surface area contributed by atoms with Gasteiger partial charge in [0, 0.05) is 13.1 Å². The second kappa shape index (κ2) is 4.02. The molecule has 0 spiro atoms. The molecule has 2 aliphatic rings. The fourth-order valence-electron chi connectivity index (χ4n) is 2.98. The number of amides is 1. The molecule has 2 rings (SSSR count). The maximum atomic E-state index is 12.2. The van der Waals surface area contributed by atoms with Gasteiger partial charge < -0.3 is 10.6 Å². The molecular weight excluding hydrogens is 200 g/mol. The van der Waals surface area contributed by atoms with Crippen LogP contribution in [0.3, 0.4) is 0 Å². The van der Waals surface area contributed by atoms with Crippen LogP contribution in [-0.2, 0) is 4.79 Å². The first-order valence-electron chi connectivity index (χ1n) is 6.44. The Kier molecular flexibility index (Phi) is 2.99. The molecule has 2 unspecified atom stereocenters. The molecule has 92 valence electrons. The average Bonchev–Trinajstić information content (AvgIpc) is 2.72. The van der Waals surface area contributed by atoms with Gasteiger partial charge in [-0.15, -0.1) is 0 Å². The summed E-state index contributed by atoms with van der Waals surface area (Å²) >= 11 is 0. The standard InChI is InChI=1S/C13H24N2O/c1-13(2,3)11(14)12(16)15-7-9-5-4-6-10(9)8-15/h9-11H,4-8,14H2,1-3H3/t9?,10?,11-/m0/s1. The summed E-state index contributed by atoms with van der Waals surface area (Å²) in [7, 11) is 0. The smallest absolute Gasteiger partial charge is 0.240 e. The highest BCUT2D eigenvalue weighted by Gasteiger charge is 2.40. The summed E-state index contributed by atoms with van der Waals surface area (Å²) in [4.78, 5) is 14.2. The summed E-state index contributed by atoms with van der Waals surface area (Å²) in [6.45, 7) is 8.01. The first-order valence-corrected chi connectivity index (χ1v) is 6.44. The number of rotatable bonds is 1. The van der Waals surface area contributed by atoms with Crippen LogP contribution in [0.15, 0.2) is 0 Å². The quantitative estimate of drug-likeness (QED) is 0.735. The first-order chi connectivity index (χ1) is 7.39. The highest BCUT2D eigenvalue weighted by atomic mass is 16.2. The summed E-state index contributed by atoms with van der Waals surface area (Å²) < 4.78 is 0. The number of nitrogens with zero attached hydrogens (tertiary/aromatic N) is 1. The maximum Gasteiger partial charge on any atom is 0.240 e. The minimum atomic E-state index is -0.355. The monoisotopic (exact) mass is 224 g/mol. The minimum Gasteiger partial charge on any atom is -0.341 e. The molecule has 2 fully saturated rings. The molecule has 1 heterocycles. The van der Waals surface area contributed by atoms with Gasteiger partial charge in [0.05, 0.1) is 6.04 Å². The van der Waals surface area contributed by atoms with Gasteiger partial charge in [0.2, 0.25) is 5.91 Å². The third-order valence-corrected chi connectivity index (χ3v) is 4.24. The Hall–Kier alpha value is -0.570. The molecule has 0 bridgehead atoms. The number of nitrogens with two attached hydrogens (primary N) is 1. The minimum absolute atomic E-state index is 0.130. The topological polar surface area (TPSA) is 46.3 Å². The van der Waals surface area contributed by atoms with Crippen molar-refractivity contribution in [3.63, 3.8) is 0 Å². The van der Waals surface area contributed by atoms with Crippen LogP contribution in [0, 0.1) is 17.3 Å². The number of hydrogen-bond acceptors (Lipinski definition) is 2. The molecule has 0 aromatic carbocycles. The zero-order chi connectivity index (χ0) is 11.9. The van der Waals surface area contributed by atoms with Crippen molar-refractivity contribution in [3.8, 4) is 0 Å². The fourth-order valence-corrected chi connectivity index (χ4v) is 2.98. The van der Waals surface area contributed by atoms with E-state index in [1.165, 1.54) is 19.3 Å². The van der Waals surface area contributed by atoms with E-state index >= 15 is 0 Å². The number of likely N-dealkylation sites (tertiary alicyclic amines) is 1. The van der Waals surface area contributed by atoms with Crippen LogP contribution in [0.5, 0.6) is 0 Å². The van der Waals surface area contributed by atoms with Gasteiger partial charge in [0.25, 0.3) is 0 Å². The third-order valence-electron chi connectivity index (χ3n) is 4.24. The summed E-state index contributed by atoms with van der Waals surface area (Å²) in [5.41, 5.74) is 5.90.